The molecule has 0 aliphatic heterocycles. The fraction of sp³-hybridized carbons (Fsp3) is 0.520. The van der Waals surface area contributed by atoms with E-state index < -0.39 is 0 Å². The van der Waals surface area contributed by atoms with Crippen LogP contribution < -0.4 is 0 Å². The lowest BCUT2D eigenvalue weighted by molar-refractivity contribution is 0.287. The molecule has 0 unspecified atom stereocenters. The van der Waals surface area contributed by atoms with E-state index in [1.165, 1.54) is 41.6 Å². The zero-order chi connectivity index (χ0) is 18.3. The average molecular weight is 354 g/mol. The third-order valence-corrected chi connectivity index (χ3v) is 5.03. The van der Waals surface area contributed by atoms with Crippen molar-refractivity contribution in [3.63, 3.8) is 0 Å². The molecule has 2 aromatic carbocycles. The normalized spacial score (nSPS) is 11.5. The van der Waals surface area contributed by atoms with Gasteiger partial charge in [0, 0.05) is 6.54 Å². The molecule has 0 aliphatic carbocycles. The van der Waals surface area contributed by atoms with Gasteiger partial charge in [0.2, 0.25) is 0 Å². The fourth-order valence-electron chi connectivity index (χ4n) is 3.12. The summed E-state index contributed by atoms with van der Waals surface area (Å²) in [5.74, 6) is 0. The van der Waals surface area contributed by atoms with E-state index in [9.17, 15) is 0 Å². The van der Waals surface area contributed by atoms with Gasteiger partial charge in [0.25, 0.3) is 0 Å². The molecule has 2 aromatic rings. The molecule has 0 saturated heterocycles. The van der Waals surface area contributed by atoms with Crippen LogP contribution in [0.15, 0.2) is 48.5 Å². The lowest BCUT2D eigenvalue weighted by Crippen LogP contribution is -2.26. The SMILES string of the molecule is C.CCCCN(CC)CCc1ccc(-c2ccc(C(C)(C)C)cc2)cc1. The summed E-state index contributed by atoms with van der Waals surface area (Å²) in [4.78, 5) is 2.56. The van der Waals surface area contributed by atoms with Gasteiger partial charge < -0.3 is 4.90 Å². The minimum Gasteiger partial charge on any atom is -0.303 e. The van der Waals surface area contributed by atoms with E-state index in [-0.39, 0.29) is 12.8 Å². The zero-order valence-electron chi connectivity index (χ0n) is 16.8. The Morgan fingerprint density at radius 2 is 1.31 bits per heavy atom. The van der Waals surface area contributed by atoms with Crippen LogP contribution in [-0.4, -0.2) is 24.5 Å². The van der Waals surface area contributed by atoms with E-state index in [0.717, 1.165) is 19.5 Å². The first kappa shape index (κ1) is 22.4. The van der Waals surface area contributed by atoms with E-state index >= 15 is 0 Å². The molecule has 0 aromatic heterocycles. The van der Waals surface area contributed by atoms with Crippen molar-refractivity contribution in [3.8, 4) is 11.1 Å². The summed E-state index contributed by atoms with van der Waals surface area (Å²) in [6.07, 6.45) is 3.72. The standard InChI is InChI=1S/C24H35N.CH4/c1-6-8-18-25(7-2)19-17-20-9-11-21(12-10-20)22-13-15-23(16-14-22)24(3,4)5;/h9-16H,6-8,17-19H2,1-5H3;1H4. The van der Waals surface area contributed by atoms with Crippen molar-refractivity contribution in [2.75, 3.05) is 19.6 Å². The summed E-state index contributed by atoms with van der Waals surface area (Å²) < 4.78 is 0. The van der Waals surface area contributed by atoms with Gasteiger partial charge in [-0.3, -0.25) is 0 Å². The molecule has 0 saturated carbocycles. The second-order valence-electron chi connectivity index (χ2n) is 8.06. The van der Waals surface area contributed by atoms with E-state index in [4.69, 9.17) is 0 Å². The molecule has 1 heteroatoms. The molecule has 0 heterocycles. The van der Waals surface area contributed by atoms with Crippen molar-refractivity contribution < 1.29 is 0 Å². The third kappa shape index (κ3) is 6.61. The van der Waals surface area contributed by atoms with Gasteiger partial charge in [-0.15, -0.1) is 0 Å². The van der Waals surface area contributed by atoms with Crippen LogP contribution in [0.1, 0.15) is 66.0 Å². The van der Waals surface area contributed by atoms with Gasteiger partial charge in [0.15, 0.2) is 0 Å². The van der Waals surface area contributed by atoms with Crippen LogP contribution in [0.4, 0.5) is 0 Å². The minimum absolute atomic E-state index is 0. The van der Waals surface area contributed by atoms with Crippen LogP contribution in [0.2, 0.25) is 0 Å². The van der Waals surface area contributed by atoms with Gasteiger partial charge in [-0.25, -0.2) is 0 Å². The van der Waals surface area contributed by atoms with Crippen LogP contribution in [0.5, 0.6) is 0 Å². The summed E-state index contributed by atoms with van der Waals surface area (Å²) >= 11 is 0. The van der Waals surface area contributed by atoms with Gasteiger partial charge in [0.1, 0.15) is 0 Å². The van der Waals surface area contributed by atoms with Gasteiger partial charge in [-0.05, 0) is 53.6 Å². The number of rotatable bonds is 8. The quantitative estimate of drug-likeness (QED) is 0.496. The number of likely N-dealkylation sites (N-methyl/N-ethyl adjacent to an activating group) is 1. The van der Waals surface area contributed by atoms with Crippen LogP contribution in [0.25, 0.3) is 11.1 Å². The molecule has 0 spiro atoms. The highest BCUT2D eigenvalue weighted by atomic mass is 15.1. The zero-order valence-corrected chi connectivity index (χ0v) is 16.8. The third-order valence-electron chi connectivity index (χ3n) is 5.03. The second kappa shape index (κ2) is 10.5. The molecule has 0 fully saturated rings. The fourth-order valence-corrected chi connectivity index (χ4v) is 3.12. The minimum atomic E-state index is 0. The Labute approximate surface area is 162 Å². The Bertz CT molecular complexity index is 617. The smallest absolute Gasteiger partial charge is 0.00217 e. The van der Waals surface area contributed by atoms with Gasteiger partial charge in [0.05, 0.1) is 0 Å². The highest BCUT2D eigenvalue weighted by molar-refractivity contribution is 5.64. The first-order chi connectivity index (χ1) is 11.9. The largest absolute Gasteiger partial charge is 0.303 e. The molecule has 0 bridgehead atoms. The predicted octanol–water partition coefficient (Wildman–Crippen LogP) is 6.95. The molecule has 0 amide bonds. The monoisotopic (exact) mass is 353 g/mol. The van der Waals surface area contributed by atoms with Crippen molar-refractivity contribution in [1.82, 2.24) is 4.90 Å². The molecule has 144 valence electrons. The van der Waals surface area contributed by atoms with Crippen molar-refractivity contribution in [2.45, 2.75) is 66.7 Å². The topological polar surface area (TPSA) is 3.24 Å². The number of hydrogen-bond acceptors (Lipinski definition) is 1. The molecular formula is C25H39N. The van der Waals surface area contributed by atoms with Gasteiger partial charge >= 0.3 is 0 Å². The maximum absolute atomic E-state index is 2.56. The lowest BCUT2D eigenvalue weighted by atomic mass is 9.86. The molecular weight excluding hydrogens is 314 g/mol. The molecule has 0 radical (unpaired) electrons. The number of nitrogens with zero attached hydrogens (tertiary/aromatic N) is 1. The van der Waals surface area contributed by atoms with Crippen LogP contribution >= 0.6 is 0 Å². The molecule has 0 atom stereocenters. The van der Waals surface area contributed by atoms with E-state index in [1.54, 1.807) is 0 Å². The summed E-state index contributed by atoms with van der Waals surface area (Å²) in [5.41, 5.74) is 5.65. The van der Waals surface area contributed by atoms with E-state index in [0.29, 0.717) is 0 Å². The predicted molar refractivity (Wildman–Crippen MR) is 118 cm³/mol. The molecule has 1 nitrogen and oxygen atoms in total. The van der Waals surface area contributed by atoms with Crippen molar-refractivity contribution in [3.05, 3.63) is 59.7 Å². The van der Waals surface area contributed by atoms with Gasteiger partial charge in [-0.1, -0.05) is 97.0 Å². The van der Waals surface area contributed by atoms with Crippen LogP contribution in [-0.2, 0) is 11.8 Å². The first-order valence-corrected chi connectivity index (χ1v) is 9.86. The molecule has 0 aliphatic rings. The highest BCUT2D eigenvalue weighted by Gasteiger charge is 2.13. The maximum Gasteiger partial charge on any atom is 0.00217 e. The Hall–Kier alpha value is -1.60. The van der Waals surface area contributed by atoms with Gasteiger partial charge in [-0.2, -0.15) is 0 Å². The number of hydrogen-bond donors (Lipinski definition) is 0. The summed E-state index contributed by atoms with van der Waals surface area (Å²) in [5, 5.41) is 0. The Morgan fingerprint density at radius 3 is 1.77 bits per heavy atom. The molecule has 0 N–H and O–H groups in total. The Balaban J connectivity index is 0.00000338. The summed E-state index contributed by atoms with van der Waals surface area (Å²) in [6.45, 7) is 14.9. The van der Waals surface area contributed by atoms with Crippen LogP contribution in [0, 0.1) is 0 Å². The van der Waals surface area contributed by atoms with Crippen molar-refractivity contribution >= 4 is 0 Å². The van der Waals surface area contributed by atoms with E-state index in [2.05, 4.69) is 88.0 Å². The first-order valence-electron chi connectivity index (χ1n) is 9.86. The Morgan fingerprint density at radius 1 is 0.769 bits per heavy atom. The number of unbranched alkanes of at least 4 members (excludes halogenated alkanes) is 1. The van der Waals surface area contributed by atoms with E-state index in [1.807, 2.05) is 0 Å². The van der Waals surface area contributed by atoms with Crippen molar-refractivity contribution in [1.29, 1.82) is 0 Å². The van der Waals surface area contributed by atoms with Crippen LogP contribution in [0.3, 0.4) is 0 Å². The summed E-state index contributed by atoms with van der Waals surface area (Å²) in [6, 6.07) is 18.1. The molecule has 26 heavy (non-hydrogen) atoms. The maximum atomic E-state index is 2.56. The Kier molecular flexibility index (Phi) is 9.08. The number of benzene rings is 2. The average Bonchev–Trinajstić information content (AvgIpc) is 2.62. The molecule has 2 rings (SSSR count). The summed E-state index contributed by atoms with van der Waals surface area (Å²) in [7, 11) is 0. The highest BCUT2D eigenvalue weighted by Crippen LogP contribution is 2.26. The second-order valence-corrected chi connectivity index (χ2v) is 8.06. The lowest BCUT2D eigenvalue weighted by Gasteiger charge is -2.20. The van der Waals surface area contributed by atoms with Crippen molar-refractivity contribution in [2.24, 2.45) is 0 Å².